The van der Waals surface area contributed by atoms with Gasteiger partial charge in [-0.1, -0.05) is 0 Å². The third-order valence-corrected chi connectivity index (χ3v) is 1.53. The van der Waals surface area contributed by atoms with Gasteiger partial charge in [0.15, 0.2) is 0 Å². The molecule has 1 N–H and O–H groups in total. The van der Waals surface area contributed by atoms with E-state index in [1.54, 1.807) is 19.2 Å². The standard InChI is InChI=1S/C9H11N3O3/c1-2-15-9(14)8(13)11-5-7-3-4-10-6-12-7/h3-4,6H,2,5H2,1H3,(H,11,13). The molecular formula is C9H11N3O3. The Morgan fingerprint density at radius 3 is 2.93 bits per heavy atom. The van der Waals surface area contributed by atoms with Crippen LogP contribution in [0.3, 0.4) is 0 Å². The summed E-state index contributed by atoms with van der Waals surface area (Å²) < 4.78 is 4.51. The zero-order valence-corrected chi connectivity index (χ0v) is 8.27. The first kappa shape index (κ1) is 11.1. The largest absolute Gasteiger partial charge is 0.459 e. The van der Waals surface area contributed by atoms with Crippen molar-refractivity contribution >= 4 is 11.9 Å². The lowest BCUT2D eigenvalue weighted by Gasteiger charge is -2.03. The number of carbonyl (C=O) groups is 2. The Labute approximate surface area is 86.7 Å². The highest BCUT2D eigenvalue weighted by Crippen LogP contribution is 1.89. The fraction of sp³-hybridized carbons (Fsp3) is 0.333. The molecule has 0 atom stereocenters. The summed E-state index contributed by atoms with van der Waals surface area (Å²) in [6.45, 7) is 2.00. The first-order chi connectivity index (χ1) is 7.24. The number of amides is 1. The molecular weight excluding hydrogens is 198 g/mol. The minimum Gasteiger partial charge on any atom is -0.459 e. The van der Waals surface area contributed by atoms with Gasteiger partial charge in [-0.2, -0.15) is 0 Å². The molecule has 15 heavy (non-hydrogen) atoms. The summed E-state index contributed by atoms with van der Waals surface area (Å²) in [6.07, 6.45) is 2.92. The van der Waals surface area contributed by atoms with Gasteiger partial charge in [-0.15, -0.1) is 0 Å². The van der Waals surface area contributed by atoms with E-state index in [0.717, 1.165) is 0 Å². The van der Waals surface area contributed by atoms with Crippen LogP contribution < -0.4 is 5.32 Å². The van der Waals surface area contributed by atoms with Crippen LogP contribution in [-0.4, -0.2) is 28.5 Å². The van der Waals surface area contributed by atoms with Crippen LogP contribution >= 0.6 is 0 Å². The van der Waals surface area contributed by atoms with E-state index in [9.17, 15) is 9.59 Å². The van der Waals surface area contributed by atoms with Crippen molar-refractivity contribution < 1.29 is 14.3 Å². The first-order valence-corrected chi connectivity index (χ1v) is 4.44. The molecule has 6 nitrogen and oxygen atoms in total. The summed E-state index contributed by atoms with van der Waals surface area (Å²) in [5.41, 5.74) is 0.627. The molecule has 0 fully saturated rings. The quantitative estimate of drug-likeness (QED) is 0.544. The van der Waals surface area contributed by atoms with Gasteiger partial charge in [0.2, 0.25) is 0 Å². The van der Waals surface area contributed by atoms with Crippen LogP contribution in [-0.2, 0) is 20.9 Å². The number of ether oxygens (including phenoxy) is 1. The minimum absolute atomic E-state index is 0.180. The van der Waals surface area contributed by atoms with Crippen molar-refractivity contribution in [3.63, 3.8) is 0 Å². The summed E-state index contributed by atoms with van der Waals surface area (Å²) in [7, 11) is 0. The molecule has 1 heterocycles. The number of hydrogen-bond donors (Lipinski definition) is 1. The van der Waals surface area contributed by atoms with E-state index >= 15 is 0 Å². The van der Waals surface area contributed by atoms with Crippen molar-refractivity contribution in [2.75, 3.05) is 6.61 Å². The molecule has 80 valence electrons. The van der Waals surface area contributed by atoms with Crippen molar-refractivity contribution in [3.8, 4) is 0 Å². The average molecular weight is 209 g/mol. The summed E-state index contributed by atoms with van der Waals surface area (Å²) in [5, 5.41) is 2.38. The van der Waals surface area contributed by atoms with E-state index in [4.69, 9.17) is 0 Å². The maximum Gasteiger partial charge on any atom is 0.396 e. The van der Waals surface area contributed by atoms with Gasteiger partial charge in [-0.05, 0) is 13.0 Å². The Morgan fingerprint density at radius 1 is 1.53 bits per heavy atom. The van der Waals surface area contributed by atoms with Crippen LogP contribution in [0.15, 0.2) is 18.6 Å². The second-order valence-corrected chi connectivity index (χ2v) is 2.60. The van der Waals surface area contributed by atoms with Crippen molar-refractivity contribution in [3.05, 3.63) is 24.3 Å². The third-order valence-electron chi connectivity index (χ3n) is 1.53. The molecule has 0 bridgehead atoms. The maximum absolute atomic E-state index is 11.1. The summed E-state index contributed by atoms with van der Waals surface area (Å²) in [5.74, 6) is -1.65. The Morgan fingerprint density at radius 2 is 2.33 bits per heavy atom. The molecule has 0 saturated carbocycles. The fourth-order valence-corrected chi connectivity index (χ4v) is 0.862. The Kier molecular flexibility index (Phi) is 4.21. The molecule has 0 aliphatic carbocycles. The molecule has 0 unspecified atom stereocenters. The van der Waals surface area contributed by atoms with Crippen molar-refractivity contribution in [1.82, 2.24) is 15.3 Å². The lowest BCUT2D eigenvalue weighted by atomic mass is 10.4. The van der Waals surface area contributed by atoms with Crippen LogP contribution in [0.5, 0.6) is 0 Å². The number of rotatable bonds is 3. The topological polar surface area (TPSA) is 81.2 Å². The number of nitrogens with one attached hydrogen (secondary N) is 1. The molecule has 1 aromatic rings. The monoisotopic (exact) mass is 209 g/mol. The Hall–Kier alpha value is -1.98. The Bertz CT molecular complexity index is 340. The maximum atomic E-state index is 11.1. The lowest BCUT2D eigenvalue weighted by Crippen LogP contribution is -2.32. The third kappa shape index (κ3) is 3.72. The second kappa shape index (κ2) is 5.69. The molecule has 1 rings (SSSR count). The zero-order chi connectivity index (χ0) is 11.1. The lowest BCUT2D eigenvalue weighted by molar-refractivity contribution is -0.154. The SMILES string of the molecule is CCOC(=O)C(=O)NCc1ccncn1. The van der Waals surface area contributed by atoms with Gasteiger partial charge in [0.25, 0.3) is 0 Å². The molecule has 0 saturated heterocycles. The number of aromatic nitrogens is 2. The van der Waals surface area contributed by atoms with Crippen molar-refractivity contribution in [1.29, 1.82) is 0 Å². The predicted molar refractivity (Wildman–Crippen MR) is 50.5 cm³/mol. The molecule has 0 aromatic carbocycles. The van der Waals surface area contributed by atoms with Gasteiger partial charge in [-0.3, -0.25) is 4.79 Å². The highest BCUT2D eigenvalue weighted by molar-refractivity contribution is 6.32. The van der Waals surface area contributed by atoms with Gasteiger partial charge in [0.1, 0.15) is 6.33 Å². The summed E-state index contributed by atoms with van der Waals surface area (Å²) >= 11 is 0. The van der Waals surface area contributed by atoms with E-state index in [1.165, 1.54) is 6.33 Å². The molecule has 0 aliphatic rings. The van der Waals surface area contributed by atoms with Crippen molar-refractivity contribution in [2.45, 2.75) is 13.5 Å². The van der Waals surface area contributed by atoms with Crippen molar-refractivity contribution in [2.24, 2.45) is 0 Å². The van der Waals surface area contributed by atoms with Crippen LogP contribution in [0.25, 0.3) is 0 Å². The van der Waals surface area contributed by atoms with Gasteiger partial charge in [0.05, 0.1) is 18.8 Å². The fourth-order valence-electron chi connectivity index (χ4n) is 0.862. The van der Waals surface area contributed by atoms with Gasteiger partial charge in [0, 0.05) is 6.20 Å². The Balaban J connectivity index is 2.38. The molecule has 0 radical (unpaired) electrons. The van der Waals surface area contributed by atoms with Gasteiger partial charge >= 0.3 is 11.9 Å². The smallest absolute Gasteiger partial charge is 0.396 e. The van der Waals surface area contributed by atoms with Crippen LogP contribution in [0.1, 0.15) is 12.6 Å². The van der Waals surface area contributed by atoms with E-state index in [0.29, 0.717) is 5.69 Å². The number of carbonyl (C=O) groups excluding carboxylic acids is 2. The highest BCUT2D eigenvalue weighted by Gasteiger charge is 2.13. The first-order valence-electron chi connectivity index (χ1n) is 4.44. The van der Waals surface area contributed by atoms with E-state index in [1.807, 2.05) is 0 Å². The van der Waals surface area contributed by atoms with Crippen LogP contribution in [0, 0.1) is 0 Å². The molecule has 0 spiro atoms. The predicted octanol–water partition coefficient (Wildman–Crippen LogP) is -0.344. The van der Waals surface area contributed by atoms with Crippen LogP contribution in [0.2, 0.25) is 0 Å². The molecule has 6 heteroatoms. The zero-order valence-electron chi connectivity index (χ0n) is 8.27. The highest BCUT2D eigenvalue weighted by atomic mass is 16.5. The normalized spacial score (nSPS) is 9.40. The molecule has 1 aromatic heterocycles. The summed E-state index contributed by atoms with van der Waals surface area (Å²) in [4.78, 5) is 29.6. The number of esters is 1. The minimum atomic E-state index is -0.883. The van der Waals surface area contributed by atoms with Gasteiger partial charge in [-0.25, -0.2) is 14.8 Å². The average Bonchev–Trinajstić information content (AvgIpc) is 2.27. The summed E-state index contributed by atoms with van der Waals surface area (Å²) in [6, 6.07) is 1.64. The number of hydrogen-bond acceptors (Lipinski definition) is 5. The molecule has 0 aliphatic heterocycles. The van der Waals surface area contributed by atoms with Gasteiger partial charge < -0.3 is 10.1 Å². The van der Waals surface area contributed by atoms with Crippen LogP contribution in [0.4, 0.5) is 0 Å². The number of nitrogens with zero attached hydrogens (tertiary/aromatic N) is 2. The van der Waals surface area contributed by atoms with E-state index in [2.05, 4.69) is 20.0 Å². The van der Waals surface area contributed by atoms with E-state index in [-0.39, 0.29) is 13.2 Å². The van der Waals surface area contributed by atoms with E-state index < -0.39 is 11.9 Å². The second-order valence-electron chi connectivity index (χ2n) is 2.60. The molecule has 1 amide bonds.